The molecule has 3 aromatic rings. The Morgan fingerprint density at radius 1 is 1.03 bits per heavy atom. The molecule has 0 saturated carbocycles. The summed E-state index contributed by atoms with van der Waals surface area (Å²) in [4.78, 5) is 38.4. The number of nitrogens with zero attached hydrogens (tertiary/aromatic N) is 1. The number of amides is 2. The number of aryl methyl sites for hydroxylation is 1. The van der Waals surface area contributed by atoms with Gasteiger partial charge in [0.25, 0.3) is 0 Å². The molecule has 10 heteroatoms. The van der Waals surface area contributed by atoms with Gasteiger partial charge in [-0.05, 0) is 86.2 Å². The molecule has 2 N–H and O–H groups in total. The van der Waals surface area contributed by atoms with Crippen molar-refractivity contribution in [3.05, 3.63) is 80.7 Å². The van der Waals surface area contributed by atoms with E-state index in [-0.39, 0.29) is 6.61 Å². The summed E-state index contributed by atoms with van der Waals surface area (Å²) in [6.07, 6.45) is 2.53. The standard InChI is InChI=1S/C27H26ClN3O5S/c1-3-35-27(34)23-21-5-4-6-22(21)37-26(23)29-24(32)25(33)31-30-16(2)18-9-13-20(14-10-18)36-15-17-7-11-19(28)12-8-17/h7-14H,3-6,15H2,1-2H3,(H,29,32)(H,31,33)/b30-16+. The summed E-state index contributed by atoms with van der Waals surface area (Å²) >= 11 is 7.21. The minimum Gasteiger partial charge on any atom is -0.489 e. The molecule has 192 valence electrons. The number of halogens is 1. The van der Waals surface area contributed by atoms with Crippen LogP contribution in [0.2, 0.25) is 5.02 Å². The van der Waals surface area contributed by atoms with Crippen molar-refractivity contribution in [3.63, 3.8) is 0 Å². The predicted octanol–water partition coefficient (Wildman–Crippen LogP) is 5.12. The van der Waals surface area contributed by atoms with Gasteiger partial charge < -0.3 is 14.8 Å². The number of thiophene rings is 1. The number of benzene rings is 2. The fourth-order valence-electron chi connectivity index (χ4n) is 3.86. The van der Waals surface area contributed by atoms with E-state index in [9.17, 15) is 14.4 Å². The minimum absolute atomic E-state index is 0.223. The molecule has 0 aliphatic heterocycles. The van der Waals surface area contributed by atoms with Crippen LogP contribution < -0.4 is 15.5 Å². The van der Waals surface area contributed by atoms with E-state index in [1.807, 2.05) is 24.3 Å². The maximum atomic E-state index is 12.5. The van der Waals surface area contributed by atoms with Gasteiger partial charge in [-0.3, -0.25) is 9.59 Å². The van der Waals surface area contributed by atoms with Crippen LogP contribution in [0.4, 0.5) is 5.00 Å². The molecule has 0 fully saturated rings. The monoisotopic (exact) mass is 539 g/mol. The van der Waals surface area contributed by atoms with Crippen molar-refractivity contribution in [2.45, 2.75) is 39.7 Å². The molecule has 1 aliphatic rings. The Morgan fingerprint density at radius 2 is 1.76 bits per heavy atom. The Labute approximate surface area is 223 Å². The summed E-state index contributed by atoms with van der Waals surface area (Å²) in [7, 11) is 0. The number of esters is 1. The van der Waals surface area contributed by atoms with E-state index in [1.165, 1.54) is 11.3 Å². The van der Waals surface area contributed by atoms with Crippen molar-refractivity contribution < 1.29 is 23.9 Å². The molecular weight excluding hydrogens is 514 g/mol. The van der Waals surface area contributed by atoms with Gasteiger partial charge in [-0.1, -0.05) is 23.7 Å². The molecule has 8 nitrogen and oxygen atoms in total. The zero-order valence-electron chi connectivity index (χ0n) is 20.4. The third-order valence-corrected chi connectivity index (χ3v) is 7.21. The summed E-state index contributed by atoms with van der Waals surface area (Å²) in [5.74, 6) is -1.67. The second-order valence-corrected chi connectivity index (χ2v) is 9.86. The summed E-state index contributed by atoms with van der Waals surface area (Å²) in [6, 6.07) is 14.6. The fraction of sp³-hybridized carbons (Fsp3) is 0.259. The predicted molar refractivity (Wildman–Crippen MR) is 144 cm³/mol. The van der Waals surface area contributed by atoms with Crippen LogP contribution in [0.15, 0.2) is 53.6 Å². The molecule has 0 bridgehead atoms. The molecule has 0 unspecified atom stereocenters. The number of fused-ring (bicyclic) bond motifs is 1. The van der Waals surface area contributed by atoms with E-state index >= 15 is 0 Å². The van der Waals surface area contributed by atoms with Gasteiger partial charge in [0.05, 0.1) is 17.9 Å². The maximum absolute atomic E-state index is 12.5. The first-order chi connectivity index (χ1) is 17.9. The Morgan fingerprint density at radius 3 is 2.46 bits per heavy atom. The molecule has 0 radical (unpaired) electrons. The van der Waals surface area contributed by atoms with Crippen LogP contribution in [0.5, 0.6) is 5.75 Å². The van der Waals surface area contributed by atoms with Gasteiger partial charge in [0.1, 0.15) is 17.4 Å². The highest BCUT2D eigenvalue weighted by Gasteiger charge is 2.29. The Bertz CT molecular complexity index is 1330. The molecule has 0 atom stereocenters. The molecule has 0 saturated heterocycles. The summed E-state index contributed by atoms with van der Waals surface area (Å²) < 4.78 is 10.9. The van der Waals surface area contributed by atoms with Crippen molar-refractivity contribution in [1.82, 2.24) is 5.43 Å². The third kappa shape index (κ3) is 6.55. The average Bonchev–Trinajstić information content (AvgIpc) is 3.48. The Hall–Kier alpha value is -3.69. The Balaban J connectivity index is 1.34. The van der Waals surface area contributed by atoms with Crippen molar-refractivity contribution in [1.29, 1.82) is 0 Å². The van der Waals surface area contributed by atoms with Crippen LogP contribution in [0.3, 0.4) is 0 Å². The van der Waals surface area contributed by atoms with E-state index in [2.05, 4.69) is 15.8 Å². The summed E-state index contributed by atoms with van der Waals surface area (Å²) in [6.45, 7) is 4.06. The van der Waals surface area contributed by atoms with Gasteiger partial charge in [0.2, 0.25) is 0 Å². The summed E-state index contributed by atoms with van der Waals surface area (Å²) in [5.41, 5.74) is 5.77. The number of nitrogens with one attached hydrogen (secondary N) is 2. The zero-order valence-corrected chi connectivity index (χ0v) is 22.0. The first-order valence-electron chi connectivity index (χ1n) is 11.8. The van der Waals surface area contributed by atoms with Gasteiger partial charge in [-0.2, -0.15) is 5.10 Å². The molecule has 1 aromatic heterocycles. The van der Waals surface area contributed by atoms with Gasteiger partial charge in [-0.25, -0.2) is 10.2 Å². The van der Waals surface area contributed by atoms with Crippen LogP contribution in [-0.2, 0) is 33.8 Å². The lowest BCUT2D eigenvalue weighted by molar-refractivity contribution is -0.136. The van der Waals surface area contributed by atoms with Crippen molar-refractivity contribution in [2.75, 3.05) is 11.9 Å². The van der Waals surface area contributed by atoms with Crippen LogP contribution >= 0.6 is 22.9 Å². The SMILES string of the molecule is CCOC(=O)c1c(NC(=O)C(=O)N/N=C(\C)c2ccc(OCc3ccc(Cl)cc3)cc2)sc2c1CCC2. The lowest BCUT2D eigenvalue weighted by Crippen LogP contribution is -2.33. The normalized spacial score (nSPS) is 12.6. The highest BCUT2D eigenvalue weighted by Crippen LogP contribution is 2.39. The number of anilines is 1. The van der Waals surface area contributed by atoms with Crippen molar-refractivity contribution >= 4 is 51.4 Å². The number of hydrazone groups is 1. The van der Waals surface area contributed by atoms with Crippen LogP contribution in [0, 0.1) is 0 Å². The van der Waals surface area contributed by atoms with Gasteiger partial charge in [0.15, 0.2) is 0 Å². The largest absolute Gasteiger partial charge is 0.489 e. The van der Waals surface area contributed by atoms with Crippen molar-refractivity contribution in [3.8, 4) is 5.75 Å². The molecule has 0 spiro atoms. The van der Waals surface area contributed by atoms with Gasteiger partial charge >= 0.3 is 17.8 Å². The Kier molecular flexibility index (Phi) is 8.58. The fourth-order valence-corrected chi connectivity index (χ4v) is 5.26. The quantitative estimate of drug-likeness (QED) is 0.179. The number of hydrogen-bond donors (Lipinski definition) is 2. The molecule has 2 amide bonds. The lowest BCUT2D eigenvalue weighted by Gasteiger charge is -2.08. The maximum Gasteiger partial charge on any atom is 0.341 e. The van der Waals surface area contributed by atoms with Crippen LogP contribution in [0.25, 0.3) is 0 Å². The van der Waals surface area contributed by atoms with E-state index in [1.54, 1.807) is 38.1 Å². The second kappa shape index (κ2) is 12.0. The topological polar surface area (TPSA) is 106 Å². The number of ether oxygens (including phenoxy) is 2. The van der Waals surface area contributed by atoms with E-state index in [0.717, 1.165) is 40.8 Å². The number of carbonyl (C=O) groups is 3. The molecule has 1 heterocycles. The van der Waals surface area contributed by atoms with Crippen LogP contribution in [0.1, 0.15) is 52.2 Å². The zero-order chi connectivity index (χ0) is 26.4. The highest BCUT2D eigenvalue weighted by molar-refractivity contribution is 7.17. The highest BCUT2D eigenvalue weighted by atomic mass is 35.5. The molecule has 4 rings (SSSR count). The molecule has 37 heavy (non-hydrogen) atoms. The van der Waals surface area contributed by atoms with E-state index < -0.39 is 17.8 Å². The smallest absolute Gasteiger partial charge is 0.341 e. The minimum atomic E-state index is -0.939. The average molecular weight is 540 g/mol. The molecule has 2 aromatic carbocycles. The van der Waals surface area contributed by atoms with E-state index in [0.29, 0.717) is 33.7 Å². The number of rotatable bonds is 8. The third-order valence-electron chi connectivity index (χ3n) is 5.75. The van der Waals surface area contributed by atoms with Gasteiger partial charge in [0, 0.05) is 9.90 Å². The number of carbonyl (C=O) groups excluding carboxylic acids is 3. The van der Waals surface area contributed by atoms with E-state index in [4.69, 9.17) is 21.1 Å². The van der Waals surface area contributed by atoms with Crippen LogP contribution in [-0.4, -0.2) is 30.1 Å². The summed E-state index contributed by atoms with van der Waals surface area (Å²) in [5, 5.41) is 7.60. The van der Waals surface area contributed by atoms with Gasteiger partial charge in [-0.15, -0.1) is 11.3 Å². The van der Waals surface area contributed by atoms with Crippen molar-refractivity contribution in [2.24, 2.45) is 5.10 Å². The second-order valence-electron chi connectivity index (χ2n) is 8.31. The number of hydrogen-bond acceptors (Lipinski definition) is 7. The molecular formula is C27H26ClN3O5S. The lowest BCUT2D eigenvalue weighted by atomic mass is 10.1. The first-order valence-corrected chi connectivity index (χ1v) is 13.0. The molecule has 1 aliphatic carbocycles. The first kappa shape index (κ1) is 26.4.